The molecular formula is C26H23BrN6O2. The number of nitrogens with zero attached hydrogens (tertiary/aromatic N) is 2. The SMILES string of the molecule is NC(N)=NN=C(NC(=O)C=Cc1cccc(Br)c1)NC(=O)C=Cc1cccc(-c2ccccc2)c1. The van der Waals surface area contributed by atoms with Crippen LogP contribution in [0.15, 0.2) is 106 Å². The molecule has 3 rings (SSSR count). The first-order chi connectivity index (χ1) is 16.9. The van der Waals surface area contributed by atoms with Crippen molar-refractivity contribution < 1.29 is 9.59 Å². The molecule has 0 saturated carbocycles. The van der Waals surface area contributed by atoms with Gasteiger partial charge in [0.2, 0.25) is 11.9 Å². The average molecular weight is 531 g/mol. The molecule has 0 radical (unpaired) electrons. The fourth-order valence-corrected chi connectivity index (χ4v) is 3.33. The molecule has 3 aromatic carbocycles. The van der Waals surface area contributed by atoms with Gasteiger partial charge in [-0.15, -0.1) is 10.2 Å². The Morgan fingerprint density at radius 1 is 0.714 bits per heavy atom. The zero-order chi connectivity index (χ0) is 25.0. The Kier molecular flexibility index (Phi) is 9.09. The van der Waals surface area contributed by atoms with Gasteiger partial charge in [-0.1, -0.05) is 76.6 Å². The number of hydrogen-bond acceptors (Lipinski definition) is 4. The first kappa shape index (κ1) is 25.1. The number of nitrogens with two attached hydrogens (primary N) is 2. The van der Waals surface area contributed by atoms with Crippen LogP contribution < -0.4 is 22.1 Å². The number of guanidine groups is 2. The number of benzene rings is 3. The summed E-state index contributed by atoms with van der Waals surface area (Å²) in [7, 11) is 0. The molecule has 0 atom stereocenters. The monoisotopic (exact) mass is 530 g/mol. The van der Waals surface area contributed by atoms with E-state index >= 15 is 0 Å². The van der Waals surface area contributed by atoms with Crippen LogP contribution in [-0.2, 0) is 9.59 Å². The topological polar surface area (TPSA) is 135 Å². The molecule has 0 heterocycles. The number of amides is 2. The second kappa shape index (κ2) is 12.7. The number of nitrogens with one attached hydrogen (secondary N) is 2. The third kappa shape index (κ3) is 8.75. The molecule has 0 saturated heterocycles. The zero-order valence-corrected chi connectivity index (χ0v) is 20.1. The largest absolute Gasteiger partial charge is 0.369 e. The van der Waals surface area contributed by atoms with Crippen LogP contribution in [0.2, 0.25) is 0 Å². The van der Waals surface area contributed by atoms with Gasteiger partial charge in [0.1, 0.15) is 0 Å². The van der Waals surface area contributed by atoms with Gasteiger partial charge >= 0.3 is 0 Å². The zero-order valence-electron chi connectivity index (χ0n) is 18.6. The third-order valence-electron chi connectivity index (χ3n) is 4.45. The van der Waals surface area contributed by atoms with Crippen molar-refractivity contribution in [2.75, 3.05) is 0 Å². The summed E-state index contributed by atoms with van der Waals surface area (Å²) in [4.78, 5) is 24.8. The van der Waals surface area contributed by atoms with Gasteiger partial charge in [0.05, 0.1) is 0 Å². The molecule has 0 fully saturated rings. The highest BCUT2D eigenvalue weighted by molar-refractivity contribution is 9.10. The van der Waals surface area contributed by atoms with Crippen molar-refractivity contribution in [3.8, 4) is 11.1 Å². The smallest absolute Gasteiger partial charge is 0.250 e. The predicted molar refractivity (Wildman–Crippen MR) is 144 cm³/mol. The van der Waals surface area contributed by atoms with Crippen molar-refractivity contribution >= 4 is 51.8 Å². The van der Waals surface area contributed by atoms with Crippen LogP contribution in [0.3, 0.4) is 0 Å². The lowest BCUT2D eigenvalue weighted by Gasteiger charge is -2.06. The number of rotatable bonds is 6. The number of hydrogen-bond donors (Lipinski definition) is 4. The highest BCUT2D eigenvalue weighted by atomic mass is 79.9. The molecule has 0 unspecified atom stereocenters. The summed E-state index contributed by atoms with van der Waals surface area (Å²) in [6.45, 7) is 0. The van der Waals surface area contributed by atoms with E-state index in [1.807, 2.05) is 78.9 Å². The lowest BCUT2D eigenvalue weighted by atomic mass is 10.0. The van der Waals surface area contributed by atoms with Crippen LogP contribution in [-0.4, -0.2) is 23.7 Å². The van der Waals surface area contributed by atoms with Gasteiger partial charge in [0.25, 0.3) is 11.8 Å². The maximum Gasteiger partial charge on any atom is 0.250 e. The van der Waals surface area contributed by atoms with Gasteiger partial charge in [-0.2, -0.15) is 0 Å². The van der Waals surface area contributed by atoms with Crippen LogP contribution in [0.5, 0.6) is 0 Å². The Labute approximate surface area is 211 Å². The number of carbonyl (C=O) groups is 2. The summed E-state index contributed by atoms with van der Waals surface area (Å²) >= 11 is 3.37. The van der Waals surface area contributed by atoms with Gasteiger partial charge in [-0.25, -0.2) is 0 Å². The van der Waals surface area contributed by atoms with Crippen LogP contribution in [0.1, 0.15) is 11.1 Å². The lowest BCUT2D eigenvalue weighted by molar-refractivity contribution is -0.115. The summed E-state index contributed by atoms with van der Waals surface area (Å²) in [6, 6.07) is 25.0. The van der Waals surface area contributed by atoms with E-state index in [2.05, 4.69) is 36.8 Å². The van der Waals surface area contributed by atoms with Gasteiger partial charge in [0, 0.05) is 16.6 Å². The Morgan fingerprint density at radius 3 is 1.89 bits per heavy atom. The number of halogens is 1. The van der Waals surface area contributed by atoms with Crippen LogP contribution >= 0.6 is 15.9 Å². The van der Waals surface area contributed by atoms with Crippen molar-refractivity contribution in [2.45, 2.75) is 0 Å². The molecule has 0 spiro atoms. The molecule has 0 aliphatic rings. The molecule has 0 bridgehead atoms. The van der Waals surface area contributed by atoms with Crippen molar-refractivity contribution in [2.24, 2.45) is 21.7 Å². The normalized spacial score (nSPS) is 11.4. The minimum absolute atomic E-state index is 0.227. The minimum atomic E-state index is -0.533. The van der Waals surface area contributed by atoms with Crippen molar-refractivity contribution in [3.63, 3.8) is 0 Å². The maximum atomic E-state index is 12.5. The van der Waals surface area contributed by atoms with Crippen molar-refractivity contribution in [1.82, 2.24) is 10.6 Å². The summed E-state index contributed by atoms with van der Waals surface area (Å²) < 4.78 is 0.878. The third-order valence-corrected chi connectivity index (χ3v) is 4.94. The van der Waals surface area contributed by atoms with Gasteiger partial charge < -0.3 is 11.5 Å². The van der Waals surface area contributed by atoms with E-state index in [9.17, 15) is 9.59 Å². The van der Waals surface area contributed by atoms with Crippen LogP contribution in [0, 0.1) is 0 Å². The predicted octanol–water partition coefficient (Wildman–Crippen LogP) is 3.62. The molecule has 2 amide bonds. The van der Waals surface area contributed by atoms with E-state index in [0.717, 1.165) is 26.7 Å². The minimum Gasteiger partial charge on any atom is -0.369 e. The highest BCUT2D eigenvalue weighted by Crippen LogP contribution is 2.20. The Morgan fingerprint density at radius 2 is 1.29 bits per heavy atom. The van der Waals surface area contributed by atoms with E-state index in [0.29, 0.717) is 0 Å². The lowest BCUT2D eigenvalue weighted by Crippen LogP contribution is -2.42. The molecule has 6 N–H and O–H groups in total. The highest BCUT2D eigenvalue weighted by Gasteiger charge is 2.07. The molecule has 8 nitrogen and oxygen atoms in total. The molecule has 3 aromatic rings. The number of carbonyl (C=O) groups excluding carboxylic acids is 2. The van der Waals surface area contributed by atoms with Crippen molar-refractivity contribution in [1.29, 1.82) is 0 Å². The fraction of sp³-hybridized carbons (Fsp3) is 0. The summed E-state index contributed by atoms with van der Waals surface area (Å²) in [6.07, 6.45) is 5.87. The fourth-order valence-electron chi connectivity index (χ4n) is 2.91. The molecule has 0 aliphatic carbocycles. The van der Waals surface area contributed by atoms with Gasteiger partial charge in [-0.3, -0.25) is 20.2 Å². The standard InChI is InChI=1S/C26H23BrN6O2/c27-22-11-5-7-19(17-22)13-15-24(35)31-26(33-32-25(28)29)30-23(34)14-12-18-6-4-10-21(16-18)20-8-2-1-3-9-20/h1-17H,(H4,28,29,32)(H2,30,31,33,34,35). The first-order valence-corrected chi connectivity index (χ1v) is 11.2. The van der Waals surface area contributed by atoms with Gasteiger partial charge in [0.15, 0.2) is 0 Å². The van der Waals surface area contributed by atoms with E-state index < -0.39 is 11.8 Å². The summed E-state index contributed by atoms with van der Waals surface area (Å²) in [5, 5.41) is 12.1. The molecular weight excluding hydrogens is 508 g/mol. The quantitative estimate of drug-likeness (QED) is 0.167. The van der Waals surface area contributed by atoms with E-state index in [4.69, 9.17) is 11.5 Å². The summed E-state index contributed by atoms with van der Waals surface area (Å²) in [5.41, 5.74) is 14.3. The van der Waals surface area contributed by atoms with Gasteiger partial charge in [-0.05, 0) is 52.6 Å². The van der Waals surface area contributed by atoms with Crippen molar-refractivity contribution in [3.05, 3.63) is 107 Å². The molecule has 35 heavy (non-hydrogen) atoms. The first-order valence-electron chi connectivity index (χ1n) is 10.4. The maximum absolute atomic E-state index is 12.5. The summed E-state index contributed by atoms with van der Waals surface area (Å²) in [5.74, 6) is -1.62. The van der Waals surface area contributed by atoms with E-state index in [1.54, 1.807) is 12.2 Å². The van der Waals surface area contributed by atoms with Crippen LogP contribution in [0.25, 0.3) is 23.3 Å². The Balaban J connectivity index is 1.67. The Hall–Kier alpha value is -4.50. The Bertz CT molecular complexity index is 1310. The van der Waals surface area contributed by atoms with E-state index in [1.165, 1.54) is 12.2 Å². The molecule has 0 aliphatic heterocycles. The second-order valence-electron chi connectivity index (χ2n) is 7.17. The van der Waals surface area contributed by atoms with Crippen LogP contribution in [0.4, 0.5) is 0 Å². The molecule has 9 heteroatoms. The second-order valence-corrected chi connectivity index (χ2v) is 8.08. The average Bonchev–Trinajstić information content (AvgIpc) is 2.85. The molecule has 176 valence electrons. The molecule has 0 aromatic heterocycles. The van der Waals surface area contributed by atoms with E-state index in [-0.39, 0.29) is 11.9 Å².